The number of benzene rings is 1. The molecule has 2 amide bonds. The van der Waals surface area contributed by atoms with E-state index in [4.69, 9.17) is 5.11 Å². The molecule has 0 bridgehead atoms. The first-order valence-corrected chi connectivity index (χ1v) is 7.00. The molecule has 2 rings (SSSR count). The molecule has 0 spiro atoms. The third-order valence-electron chi connectivity index (χ3n) is 3.09. The largest absolute Gasteiger partial charge is 0.481 e. The van der Waals surface area contributed by atoms with Crippen LogP contribution < -0.4 is 10.6 Å². The second-order valence-corrected chi connectivity index (χ2v) is 5.61. The maximum Gasteiger partial charge on any atom is 0.319 e. The quantitative estimate of drug-likeness (QED) is 0.741. The summed E-state index contributed by atoms with van der Waals surface area (Å²) in [5.41, 5.74) is 1.76. The van der Waals surface area contributed by atoms with Gasteiger partial charge in [-0.25, -0.2) is 4.79 Å². The molecule has 1 aromatic carbocycles. The highest BCUT2D eigenvalue weighted by Gasteiger charge is 2.25. The first-order chi connectivity index (χ1) is 9.45. The Labute approximate surface area is 125 Å². The van der Waals surface area contributed by atoms with Gasteiger partial charge in [0.2, 0.25) is 0 Å². The molecule has 0 aromatic heterocycles. The highest BCUT2D eigenvalue weighted by molar-refractivity contribution is 9.10. The van der Waals surface area contributed by atoms with Crippen LogP contribution in [0, 0.1) is 12.8 Å². The van der Waals surface area contributed by atoms with Gasteiger partial charge in [-0.3, -0.25) is 4.79 Å². The third-order valence-corrected chi connectivity index (χ3v) is 3.75. The summed E-state index contributed by atoms with van der Waals surface area (Å²) in [6, 6.07) is 5.02. The SMILES string of the molecule is Cc1ccc(NC(=O)NC2C=CC(C(=O)O)C2)c(Br)c1. The number of nitrogens with one attached hydrogen (secondary N) is 2. The van der Waals surface area contributed by atoms with Crippen molar-refractivity contribution in [2.75, 3.05) is 5.32 Å². The Morgan fingerprint density at radius 3 is 2.70 bits per heavy atom. The molecule has 0 saturated carbocycles. The summed E-state index contributed by atoms with van der Waals surface area (Å²) in [6.45, 7) is 1.96. The Morgan fingerprint density at radius 1 is 1.35 bits per heavy atom. The summed E-state index contributed by atoms with van der Waals surface area (Å²) in [4.78, 5) is 22.7. The molecular weight excluding hydrogens is 324 g/mol. The number of hydrogen-bond acceptors (Lipinski definition) is 2. The second kappa shape index (κ2) is 6.09. The summed E-state index contributed by atoms with van der Waals surface area (Å²) in [5.74, 6) is -1.39. The molecule has 0 aliphatic heterocycles. The molecule has 106 valence electrons. The minimum absolute atomic E-state index is 0.250. The van der Waals surface area contributed by atoms with Crippen LogP contribution in [0.3, 0.4) is 0 Å². The lowest BCUT2D eigenvalue weighted by molar-refractivity contribution is -0.140. The lowest BCUT2D eigenvalue weighted by Gasteiger charge is -2.14. The summed E-state index contributed by atoms with van der Waals surface area (Å²) in [7, 11) is 0. The van der Waals surface area contributed by atoms with Crippen molar-refractivity contribution in [2.45, 2.75) is 19.4 Å². The number of urea groups is 1. The molecule has 2 unspecified atom stereocenters. The van der Waals surface area contributed by atoms with Crippen molar-refractivity contribution in [1.29, 1.82) is 0 Å². The number of carboxylic acids is 1. The first-order valence-electron chi connectivity index (χ1n) is 6.20. The van der Waals surface area contributed by atoms with Gasteiger partial charge in [-0.1, -0.05) is 18.2 Å². The van der Waals surface area contributed by atoms with Crippen LogP contribution in [0.15, 0.2) is 34.8 Å². The van der Waals surface area contributed by atoms with Crippen molar-refractivity contribution in [3.63, 3.8) is 0 Å². The van der Waals surface area contributed by atoms with Crippen molar-refractivity contribution < 1.29 is 14.7 Å². The van der Waals surface area contributed by atoms with Gasteiger partial charge in [0.25, 0.3) is 0 Å². The molecule has 0 fully saturated rings. The number of amides is 2. The first kappa shape index (κ1) is 14.6. The van der Waals surface area contributed by atoms with E-state index in [0.29, 0.717) is 12.1 Å². The monoisotopic (exact) mass is 338 g/mol. The van der Waals surface area contributed by atoms with Crippen molar-refractivity contribution in [2.24, 2.45) is 5.92 Å². The number of anilines is 1. The van der Waals surface area contributed by atoms with Crippen LogP contribution in [0.5, 0.6) is 0 Å². The lowest BCUT2D eigenvalue weighted by Crippen LogP contribution is -2.36. The van der Waals surface area contributed by atoms with E-state index in [2.05, 4.69) is 26.6 Å². The Balaban J connectivity index is 1.90. The van der Waals surface area contributed by atoms with Gasteiger partial charge < -0.3 is 15.7 Å². The van der Waals surface area contributed by atoms with Crippen molar-refractivity contribution >= 4 is 33.6 Å². The minimum atomic E-state index is -0.868. The van der Waals surface area contributed by atoms with E-state index in [1.54, 1.807) is 12.2 Å². The number of aryl methyl sites for hydroxylation is 1. The zero-order valence-electron chi connectivity index (χ0n) is 10.9. The van der Waals surface area contributed by atoms with E-state index in [1.807, 2.05) is 25.1 Å². The number of rotatable bonds is 3. The Kier molecular flexibility index (Phi) is 4.44. The smallest absolute Gasteiger partial charge is 0.319 e. The molecule has 20 heavy (non-hydrogen) atoms. The Hall–Kier alpha value is -1.82. The number of halogens is 1. The lowest BCUT2D eigenvalue weighted by atomic mass is 10.1. The van der Waals surface area contributed by atoms with Crippen LogP contribution in [-0.4, -0.2) is 23.1 Å². The summed E-state index contributed by atoms with van der Waals surface area (Å²) in [5, 5.41) is 14.3. The van der Waals surface area contributed by atoms with Crippen LogP contribution >= 0.6 is 15.9 Å². The average Bonchev–Trinajstić information content (AvgIpc) is 2.81. The molecule has 2 atom stereocenters. The van der Waals surface area contributed by atoms with Gasteiger partial charge in [-0.2, -0.15) is 0 Å². The number of aliphatic carboxylic acids is 1. The number of carboxylic acid groups (broad SMARTS) is 1. The van der Waals surface area contributed by atoms with Gasteiger partial charge in [0.15, 0.2) is 0 Å². The van der Waals surface area contributed by atoms with E-state index < -0.39 is 11.9 Å². The standard InChI is InChI=1S/C14H15BrN2O3/c1-8-2-5-12(11(15)6-8)17-14(20)16-10-4-3-9(7-10)13(18)19/h2-6,9-10H,7H2,1H3,(H,18,19)(H2,16,17,20). The minimum Gasteiger partial charge on any atom is -0.481 e. The van der Waals surface area contributed by atoms with Crippen LogP contribution in [0.2, 0.25) is 0 Å². The summed E-state index contributed by atoms with van der Waals surface area (Å²) >= 11 is 3.38. The molecule has 5 nitrogen and oxygen atoms in total. The molecular formula is C14H15BrN2O3. The highest BCUT2D eigenvalue weighted by Crippen LogP contribution is 2.23. The normalized spacial score (nSPS) is 20.7. The molecule has 0 saturated heterocycles. The van der Waals surface area contributed by atoms with Crippen LogP contribution in [0.25, 0.3) is 0 Å². The summed E-state index contributed by atoms with van der Waals surface area (Å²) in [6.07, 6.45) is 3.70. The molecule has 0 radical (unpaired) electrons. The highest BCUT2D eigenvalue weighted by atomic mass is 79.9. The van der Waals surface area contributed by atoms with E-state index >= 15 is 0 Å². The van der Waals surface area contributed by atoms with E-state index in [9.17, 15) is 9.59 Å². The van der Waals surface area contributed by atoms with Crippen molar-refractivity contribution in [3.8, 4) is 0 Å². The summed E-state index contributed by atoms with van der Waals surface area (Å²) < 4.78 is 0.804. The maximum atomic E-state index is 11.9. The molecule has 0 heterocycles. The fourth-order valence-electron chi connectivity index (χ4n) is 2.04. The van der Waals surface area contributed by atoms with Gasteiger partial charge in [-0.05, 0) is 47.0 Å². The van der Waals surface area contributed by atoms with Gasteiger partial charge in [-0.15, -0.1) is 0 Å². The molecule has 6 heteroatoms. The van der Waals surface area contributed by atoms with Crippen molar-refractivity contribution in [1.82, 2.24) is 5.32 Å². The van der Waals surface area contributed by atoms with E-state index in [1.165, 1.54) is 0 Å². The molecule has 3 N–H and O–H groups in total. The Morgan fingerprint density at radius 2 is 2.10 bits per heavy atom. The average molecular weight is 339 g/mol. The molecule has 1 aliphatic carbocycles. The number of carbonyl (C=O) groups excluding carboxylic acids is 1. The predicted molar refractivity (Wildman–Crippen MR) is 79.7 cm³/mol. The molecule has 1 aromatic rings. The van der Waals surface area contributed by atoms with Crippen LogP contribution in [0.1, 0.15) is 12.0 Å². The second-order valence-electron chi connectivity index (χ2n) is 4.75. The predicted octanol–water partition coefficient (Wildman–Crippen LogP) is 2.91. The van der Waals surface area contributed by atoms with E-state index in [0.717, 1.165) is 10.0 Å². The van der Waals surface area contributed by atoms with Crippen LogP contribution in [-0.2, 0) is 4.79 Å². The van der Waals surface area contributed by atoms with E-state index in [-0.39, 0.29) is 12.1 Å². The maximum absolute atomic E-state index is 11.9. The third kappa shape index (κ3) is 3.60. The topological polar surface area (TPSA) is 78.4 Å². The fraction of sp³-hybridized carbons (Fsp3) is 0.286. The van der Waals surface area contributed by atoms with Gasteiger partial charge >= 0.3 is 12.0 Å². The zero-order chi connectivity index (χ0) is 14.7. The van der Waals surface area contributed by atoms with Gasteiger partial charge in [0.1, 0.15) is 0 Å². The number of hydrogen-bond donors (Lipinski definition) is 3. The van der Waals surface area contributed by atoms with Gasteiger partial charge in [0, 0.05) is 4.47 Å². The Bertz CT molecular complexity index is 572. The van der Waals surface area contributed by atoms with Gasteiger partial charge in [0.05, 0.1) is 17.6 Å². The fourth-order valence-corrected chi connectivity index (χ4v) is 2.63. The van der Waals surface area contributed by atoms with Crippen LogP contribution in [0.4, 0.5) is 10.5 Å². The molecule has 1 aliphatic rings. The van der Waals surface area contributed by atoms with Crippen molar-refractivity contribution in [3.05, 3.63) is 40.4 Å². The zero-order valence-corrected chi connectivity index (χ0v) is 12.5. The number of carbonyl (C=O) groups is 2.